The summed E-state index contributed by atoms with van der Waals surface area (Å²) in [4.78, 5) is 26.3. The van der Waals surface area contributed by atoms with Gasteiger partial charge in [-0.3, -0.25) is 9.59 Å². The van der Waals surface area contributed by atoms with Gasteiger partial charge in [-0.15, -0.1) is 11.8 Å². The van der Waals surface area contributed by atoms with Gasteiger partial charge in [0.05, 0.1) is 23.0 Å². The van der Waals surface area contributed by atoms with Crippen LogP contribution in [-0.2, 0) is 9.59 Å². The minimum Gasteiger partial charge on any atom is -0.324 e. The van der Waals surface area contributed by atoms with Gasteiger partial charge in [-0.2, -0.15) is 0 Å². The highest BCUT2D eigenvalue weighted by Gasteiger charge is 2.28. The van der Waals surface area contributed by atoms with Crippen molar-refractivity contribution < 1.29 is 9.59 Å². The van der Waals surface area contributed by atoms with Crippen molar-refractivity contribution >= 4 is 35.0 Å². The Balaban J connectivity index is 2.25. The standard InChI is InChI=1S/C16H22N2O2S/c1-11-9-18(14(19)10-21-16(2,3)4)13-8-6-5-7-12(13)17-15(11)20/h5-8,11H,9-10H2,1-4H3,(H,17,20). The first-order valence-electron chi connectivity index (χ1n) is 7.12. The third kappa shape index (κ3) is 4.00. The molecule has 2 amide bonds. The summed E-state index contributed by atoms with van der Waals surface area (Å²) in [5.41, 5.74) is 1.50. The molecule has 1 aliphatic rings. The number of amides is 2. The van der Waals surface area contributed by atoms with E-state index in [1.807, 2.05) is 31.2 Å². The van der Waals surface area contributed by atoms with Gasteiger partial charge in [-0.05, 0) is 12.1 Å². The highest BCUT2D eigenvalue weighted by molar-refractivity contribution is 8.01. The van der Waals surface area contributed by atoms with E-state index in [0.717, 1.165) is 5.69 Å². The lowest BCUT2D eigenvalue weighted by molar-refractivity contribution is -0.119. The SMILES string of the molecule is CC1CN(C(=O)CSC(C)(C)C)c2ccccc2NC1=O. The summed E-state index contributed by atoms with van der Waals surface area (Å²) >= 11 is 1.62. The van der Waals surface area contributed by atoms with Gasteiger partial charge < -0.3 is 10.2 Å². The summed E-state index contributed by atoms with van der Waals surface area (Å²) in [6.45, 7) is 8.55. The molecule has 0 radical (unpaired) electrons. The van der Waals surface area contributed by atoms with E-state index in [4.69, 9.17) is 0 Å². The van der Waals surface area contributed by atoms with E-state index in [9.17, 15) is 9.59 Å². The predicted molar refractivity (Wildman–Crippen MR) is 88.8 cm³/mol. The molecule has 1 aromatic rings. The minimum absolute atomic E-state index is 0.0405. The summed E-state index contributed by atoms with van der Waals surface area (Å²) < 4.78 is 0.0424. The number of carbonyl (C=O) groups is 2. The Morgan fingerprint density at radius 3 is 2.71 bits per heavy atom. The Morgan fingerprint density at radius 2 is 2.05 bits per heavy atom. The lowest BCUT2D eigenvalue weighted by atomic mass is 10.1. The Bertz CT molecular complexity index is 551. The molecule has 0 fully saturated rings. The summed E-state index contributed by atoms with van der Waals surface area (Å²) in [5, 5.41) is 2.89. The van der Waals surface area contributed by atoms with Crippen LogP contribution < -0.4 is 10.2 Å². The number of hydrogen-bond donors (Lipinski definition) is 1. The van der Waals surface area contributed by atoms with Gasteiger partial charge >= 0.3 is 0 Å². The minimum atomic E-state index is -0.221. The first-order chi connectivity index (χ1) is 9.78. The number of rotatable bonds is 2. The zero-order valence-electron chi connectivity index (χ0n) is 13.0. The van der Waals surface area contributed by atoms with Crippen LogP contribution in [0.25, 0.3) is 0 Å². The van der Waals surface area contributed by atoms with Crippen molar-refractivity contribution in [2.24, 2.45) is 5.92 Å². The van der Waals surface area contributed by atoms with Crippen LogP contribution in [0.2, 0.25) is 0 Å². The number of anilines is 2. The molecular formula is C16H22N2O2S. The smallest absolute Gasteiger partial charge is 0.237 e. The summed E-state index contributed by atoms with van der Waals surface area (Å²) in [6, 6.07) is 7.47. The quantitative estimate of drug-likeness (QED) is 0.913. The van der Waals surface area contributed by atoms with Gasteiger partial charge in [0.15, 0.2) is 0 Å². The second-order valence-corrected chi connectivity index (χ2v) is 8.11. The summed E-state index contributed by atoms with van der Waals surface area (Å²) in [5.74, 6) is 0.201. The first kappa shape index (κ1) is 15.9. The molecule has 1 aliphatic heterocycles. The number of hydrogen-bond acceptors (Lipinski definition) is 3. The molecule has 0 spiro atoms. The fourth-order valence-corrected chi connectivity index (χ4v) is 2.83. The van der Waals surface area contributed by atoms with Gasteiger partial charge in [0.2, 0.25) is 11.8 Å². The van der Waals surface area contributed by atoms with E-state index in [-0.39, 0.29) is 22.5 Å². The van der Waals surface area contributed by atoms with Crippen LogP contribution in [-0.4, -0.2) is 28.9 Å². The van der Waals surface area contributed by atoms with E-state index < -0.39 is 0 Å². The topological polar surface area (TPSA) is 49.4 Å². The molecule has 21 heavy (non-hydrogen) atoms. The molecular weight excluding hydrogens is 284 g/mol. The maximum Gasteiger partial charge on any atom is 0.237 e. The van der Waals surface area contributed by atoms with Gasteiger partial charge in [0.1, 0.15) is 0 Å². The van der Waals surface area contributed by atoms with Crippen LogP contribution in [0.4, 0.5) is 11.4 Å². The zero-order valence-corrected chi connectivity index (χ0v) is 13.8. The normalized spacial score (nSPS) is 18.8. The fourth-order valence-electron chi connectivity index (χ4n) is 2.12. The van der Waals surface area contributed by atoms with Crippen molar-refractivity contribution in [1.29, 1.82) is 0 Å². The van der Waals surface area contributed by atoms with Gasteiger partial charge in [-0.25, -0.2) is 0 Å². The number of benzene rings is 1. The second kappa shape index (κ2) is 6.10. The lowest BCUT2D eigenvalue weighted by Crippen LogP contribution is -2.37. The van der Waals surface area contributed by atoms with Crippen molar-refractivity contribution in [2.45, 2.75) is 32.4 Å². The second-order valence-electron chi connectivity index (χ2n) is 6.31. The summed E-state index contributed by atoms with van der Waals surface area (Å²) in [7, 11) is 0. The third-order valence-corrected chi connectivity index (χ3v) is 4.54. The Kier molecular flexibility index (Phi) is 4.61. The van der Waals surface area contributed by atoms with E-state index in [2.05, 4.69) is 26.1 Å². The van der Waals surface area contributed by atoms with Crippen LogP contribution in [0.15, 0.2) is 24.3 Å². The monoisotopic (exact) mass is 306 g/mol. The number of nitrogens with zero attached hydrogens (tertiary/aromatic N) is 1. The lowest BCUT2D eigenvalue weighted by Gasteiger charge is -2.25. The predicted octanol–water partition coefficient (Wildman–Crippen LogP) is 3.14. The molecule has 0 aliphatic carbocycles. The van der Waals surface area contributed by atoms with Crippen molar-refractivity contribution in [3.05, 3.63) is 24.3 Å². The van der Waals surface area contributed by atoms with Crippen molar-refractivity contribution in [3.63, 3.8) is 0 Å². The van der Waals surface area contributed by atoms with Crippen molar-refractivity contribution in [1.82, 2.24) is 0 Å². The van der Waals surface area contributed by atoms with E-state index in [1.165, 1.54) is 0 Å². The molecule has 1 N–H and O–H groups in total. The highest BCUT2D eigenvalue weighted by Crippen LogP contribution is 2.31. The van der Waals surface area contributed by atoms with E-state index in [1.54, 1.807) is 16.7 Å². The molecule has 2 rings (SSSR count). The molecule has 0 saturated carbocycles. The molecule has 1 atom stereocenters. The number of fused-ring (bicyclic) bond motifs is 1. The van der Waals surface area contributed by atoms with Gasteiger partial charge in [-0.1, -0.05) is 39.8 Å². The van der Waals surface area contributed by atoms with Crippen LogP contribution in [0.5, 0.6) is 0 Å². The van der Waals surface area contributed by atoms with Gasteiger partial charge in [0, 0.05) is 11.3 Å². The maximum absolute atomic E-state index is 12.6. The average molecular weight is 306 g/mol. The Hall–Kier alpha value is -1.49. The van der Waals surface area contributed by atoms with Gasteiger partial charge in [0.25, 0.3) is 0 Å². The molecule has 0 saturated heterocycles. The molecule has 1 unspecified atom stereocenters. The molecule has 4 nitrogen and oxygen atoms in total. The molecule has 1 aromatic carbocycles. The third-order valence-electron chi connectivity index (χ3n) is 3.29. The Labute approximate surface area is 130 Å². The number of nitrogens with one attached hydrogen (secondary N) is 1. The molecule has 1 heterocycles. The molecule has 0 aromatic heterocycles. The average Bonchev–Trinajstić information content (AvgIpc) is 2.53. The number of carbonyl (C=O) groups excluding carboxylic acids is 2. The van der Waals surface area contributed by atoms with Crippen molar-refractivity contribution in [3.8, 4) is 0 Å². The number of para-hydroxylation sites is 2. The molecule has 0 bridgehead atoms. The maximum atomic E-state index is 12.6. The largest absolute Gasteiger partial charge is 0.324 e. The van der Waals surface area contributed by atoms with Crippen LogP contribution in [0.1, 0.15) is 27.7 Å². The van der Waals surface area contributed by atoms with Crippen LogP contribution in [0, 0.1) is 5.92 Å². The van der Waals surface area contributed by atoms with E-state index >= 15 is 0 Å². The molecule has 114 valence electrons. The first-order valence-corrected chi connectivity index (χ1v) is 8.11. The zero-order chi connectivity index (χ0) is 15.6. The van der Waals surface area contributed by atoms with Crippen LogP contribution in [0.3, 0.4) is 0 Å². The molecule has 5 heteroatoms. The van der Waals surface area contributed by atoms with Crippen LogP contribution >= 0.6 is 11.8 Å². The fraction of sp³-hybridized carbons (Fsp3) is 0.500. The Morgan fingerprint density at radius 1 is 1.38 bits per heavy atom. The highest BCUT2D eigenvalue weighted by atomic mass is 32.2. The number of thioether (sulfide) groups is 1. The summed E-state index contributed by atoms with van der Waals surface area (Å²) in [6.07, 6.45) is 0. The van der Waals surface area contributed by atoms with E-state index in [0.29, 0.717) is 18.0 Å². The van der Waals surface area contributed by atoms with Crippen molar-refractivity contribution in [2.75, 3.05) is 22.5 Å².